The number of alkyl halides is 1. The van der Waals surface area contributed by atoms with Gasteiger partial charge in [0.1, 0.15) is 6.61 Å². The summed E-state index contributed by atoms with van der Waals surface area (Å²) in [5.41, 5.74) is 1.82. The number of hydrogen-bond donors (Lipinski definition) is 0. The molecule has 5 nitrogen and oxygen atoms in total. The number of nitro groups is 1. The van der Waals surface area contributed by atoms with Crippen LogP contribution in [0, 0.1) is 10.1 Å². The molecule has 0 aliphatic carbocycles. The smallest absolute Gasteiger partial charge is 0.269 e. The Morgan fingerprint density at radius 3 is 2.33 bits per heavy atom. The lowest BCUT2D eigenvalue weighted by Crippen LogP contribution is -1.98. The first-order valence-corrected chi connectivity index (χ1v) is 6.76. The maximum Gasteiger partial charge on any atom is 0.269 e. The Balaban J connectivity index is 2.10. The lowest BCUT2D eigenvalue weighted by atomic mass is 10.2. The standard InChI is InChI=1S/C15H14ClNO4/c1-20-14-7-4-12(9-16)8-15(14)21-10-11-2-5-13(6-3-11)17(18)19/h2-8H,9-10H2,1H3. The van der Waals surface area contributed by atoms with Crippen LogP contribution in [0.4, 0.5) is 5.69 Å². The van der Waals surface area contributed by atoms with E-state index in [4.69, 9.17) is 21.1 Å². The van der Waals surface area contributed by atoms with Crippen LogP contribution < -0.4 is 9.47 Å². The molecule has 0 saturated heterocycles. The summed E-state index contributed by atoms with van der Waals surface area (Å²) in [6.07, 6.45) is 0. The normalized spacial score (nSPS) is 10.2. The highest BCUT2D eigenvalue weighted by Gasteiger charge is 2.07. The molecule has 0 unspecified atom stereocenters. The van der Waals surface area contributed by atoms with Gasteiger partial charge in [0, 0.05) is 18.0 Å². The van der Waals surface area contributed by atoms with Crippen molar-refractivity contribution in [2.45, 2.75) is 12.5 Å². The van der Waals surface area contributed by atoms with E-state index in [0.29, 0.717) is 24.0 Å². The number of halogens is 1. The quantitative estimate of drug-likeness (QED) is 0.461. The van der Waals surface area contributed by atoms with Gasteiger partial charge in [-0.1, -0.05) is 6.07 Å². The van der Waals surface area contributed by atoms with Gasteiger partial charge in [-0.15, -0.1) is 11.6 Å². The summed E-state index contributed by atoms with van der Waals surface area (Å²) in [6.45, 7) is 0.292. The number of nitrogens with zero attached hydrogens (tertiary/aromatic N) is 1. The van der Waals surface area contributed by atoms with Crippen LogP contribution in [0.2, 0.25) is 0 Å². The van der Waals surface area contributed by atoms with E-state index >= 15 is 0 Å². The molecule has 0 aromatic heterocycles. The van der Waals surface area contributed by atoms with Crippen LogP contribution in [0.15, 0.2) is 42.5 Å². The number of nitro benzene ring substituents is 1. The van der Waals surface area contributed by atoms with E-state index in [-0.39, 0.29) is 5.69 Å². The lowest BCUT2D eigenvalue weighted by molar-refractivity contribution is -0.384. The van der Waals surface area contributed by atoms with Crippen molar-refractivity contribution in [2.24, 2.45) is 0 Å². The average Bonchev–Trinajstić information content (AvgIpc) is 2.52. The third-order valence-corrected chi connectivity index (χ3v) is 3.23. The maximum atomic E-state index is 10.6. The van der Waals surface area contributed by atoms with Crippen molar-refractivity contribution < 1.29 is 14.4 Å². The van der Waals surface area contributed by atoms with Gasteiger partial charge < -0.3 is 9.47 Å². The molecule has 2 aromatic carbocycles. The molecular weight excluding hydrogens is 294 g/mol. The van der Waals surface area contributed by atoms with Crippen molar-refractivity contribution in [3.05, 3.63) is 63.7 Å². The predicted octanol–water partition coefficient (Wildman–Crippen LogP) is 3.92. The molecule has 0 amide bonds. The number of hydrogen-bond acceptors (Lipinski definition) is 4. The topological polar surface area (TPSA) is 61.6 Å². The van der Waals surface area contributed by atoms with E-state index in [2.05, 4.69) is 0 Å². The highest BCUT2D eigenvalue weighted by atomic mass is 35.5. The van der Waals surface area contributed by atoms with E-state index in [9.17, 15) is 10.1 Å². The van der Waals surface area contributed by atoms with Crippen molar-refractivity contribution in [3.63, 3.8) is 0 Å². The monoisotopic (exact) mass is 307 g/mol. The Bertz CT molecular complexity index is 628. The highest BCUT2D eigenvalue weighted by molar-refractivity contribution is 6.17. The van der Waals surface area contributed by atoms with Crippen LogP contribution in [-0.4, -0.2) is 12.0 Å². The summed E-state index contributed by atoms with van der Waals surface area (Å²) in [5, 5.41) is 10.6. The number of methoxy groups -OCH3 is 1. The van der Waals surface area contributed by atoms with E-state index in [1.807, 2.05) is 12.1 Å². The van der Waals surface area contributed by atoms with Crippen molar-refractivity contribution in [2.75, 3.05) is 7.11 Å². The minimum atomic E-state index is -0.433. The molecule has 6 heteroatoms. The zero-order valence-corrected chi connectivity index (χ0v) is 12.2. The summed E-state index contributed by atoms with van der Waals surface area (Å²) in [6, 6.07) is 11.7. The molecule has 0 spiro atoms. The molecule has 2 rings (SSSR count). The van der Waals surface area contributed by atoms with Crippen molar-refractivity contribution in [1.82, 2.24) is 0 Å². The van der Waals surface area contributed by atoms with Crippen LogP contribution in [0.25, 0.3) is 0 Å². The molecule has 110 valence electrons. The van der Waals surface area contributed by atoms with Gasteiger partial charge in [-0.2, -0.15) is 0 Å². The number of non-ortho nitro benzene ring substituents is 1. The van der Waals surface area contributed by atoms with E-state index in [1.165, 1.54) is 12.1 Å². The first kappa shape index (κ1) is 15.1. The molecule has 21 heavy (non-hydrogen) atoms. The molecule has 0 bridgehead atoms. The van der Waals surface area contributed by atoms with Crippen LogP contribution in [0.1, 0.15) is 11.1 Å². The second-order valence-corrected chi connectivity index (χ2v) is 4.60. The molecule has 2 aromatic rings. The summed E-state index contributed by atoms with van der Waals surface area (Å²) in [7, 11) is 1.56. The van der Waals surface area contributed by atoms with Gasteiger partial charge in [0.15, 0.2) is 11.5 Å². The minimum Gasteiger partial charge on any atom is -0.493 e. The Hall–Kier alpha value is -2.27. The molecule has 0 radical (unpaired) electrons. The third kappa shape index (κ3) is 3.86. The van der Waals surface area contributed by atoms with Crippen molar-refractivity contribution in [3.8, 4) is 11.5 Å². The van der Waals surface area contributed by atoms with Gasteiger partial charge in [0.25, 0.3) is 5.69 Å². The van der Waals surface area contributed by atoms with Gasteiger partial charge >= 0.3 is 0 Å². The maximum absolute atomic E-state index is 10.6. The third-order valence-electron chi connectivity index (χ3n) is 2.92. The van der Waals surface area contributed by atoms with Gasteiger partial charge in [0.2, 0.25) is 0 Å². The first-order valence-electron chi connectivity index (χ1n) is 6.23. The van der Waals surface area contributed by atoms with Crippen LogP contribution >= 0.6 is 11.6 Å². The first-order chi connectivity index (χ1) is 10.1. The number of ether oxygens (including phenoxy) is 2. The molecule has 0 fully saturated rings. The average molecular weight is 308 g/mol. The van der Waals surface area contributed by atoms with Crippen molar-refractivity contribution >= 4 is 17.3 Å². The largest absolute Gasteiger partial charge is 0.493 e. The Labute approximate surface area is 127 Å². The molecule has 0 aliphatic heterocycles. The zero-order chi connectivity index (χ0) is 15.2. The fraction of sp³-hybridized carbons (Fsp3) is 0.200. The lowest BCUT2D eigenvalue weighted by Gasteiger charge is -2.11. The summed E-state index contributed by atoms with van der Waals surface area (Å²) in [5.74, 6) is 1.59. The van der Waals surface area contributed by atoms with Crippen molar-refractivity contribution in [1.29, 1.82) is 0 Å². The van der Waals surface area contributed by atoms with E-state index in [0.717, 1.165) is 11.1 Å². The van der Waals surface area contributed by atoms with Crippen LogP contribution in [-0.2, 0) is 12.5 Å². The van der Waals surface area contributed by atoms with Crippen LogP contribution in [0.5, 0.6) is 11.5 Å². The summed E-state index contributed by atoms with van der Waals surface area (Å²) in [4.78, 5) is 10.2. The van der Waals surface area contributed by atoms with Gasteiger partial charge in [0.05, 0.1) is 12.0 Å². The second-order valence-electron chi connectivity index (χ2n) is 4.33. The molecule has 0 heterocycles. The Morgan fingerprint density at radius 2 is 1.76 bits per heavy atom. The van der Waals surface area contributed by atoms with E-state index < -0.39 is 4.92 Å². The fourth-order valence-corrected chi connectivity index (χ4v) is 1.96. The number of rotatable bonds is 6. The van der Waals surface area contributed by atoms with Gasteiger partial charge in [-0.05, 0) is 35.4 Å². The van der Waals surface area contributed by atoms with Gasteiger partial charge in [-0.25, -0.2) is 0 Å². The highest BCUT2D eigenvalue weighted by Crippen LogP contribution is 2.29. The zero-order valence-electron chi connectivity index (χ0n) is 11.4. The second kappa shape index (κ2) is 6.95. The SMILES string of the molecule is COc1ccc(CCl)cc1OCc1ccc([N+](=O)[O-])cc1. The minimum absolute atomic E-state index is 0.0560. The molecule has 0 saturated carbocycles. The van der Waals surface area contributed by atoms with Crippen LogP contribution in [0.3, 0.4) is 0 Å². The Morgan fingerprint density at radius 1 is 1.10 bits per heavy atom. The predicted molar refractivity (Wildman–Crippen MR) is 80.0 cm³/mol. The summed E-state index contributed by atoms with van der Waals surface area (Å²) >= 11 is 5.80. The molecule has 0 aliphatic rings. The molecular formula is C15H14ClNO4. The fourth-order valence-electron chi connectivity index (χ4n) is 1.79. The number of benzene rings is 2. The van der Waals surface area contributed by atoms with E-state index in [1.54, 1.807) is 25.3 Å². The Kier molecular flexibility index (Phi) is 5.00. The summed E-state index contributed by atoms with van der Waals surface area (Å²) < 4.78 is 10.9. The molecule has 0 N–H and O–H groups in total. The van der Waals surface area contributed by atoms with Gasteiger partial charge in [-0.3, -0.25) is 10.1 Å². The molecule has 0 atom stereocenters.